The lowest BCUT2D eigenvalue weighted by molar-refractivity contribution is -0.120. The fraction of sp³-hybridized carbons (Fsp3) is 0.176. The van der Waals surface area contributed by atoms with E-state index < -0.39 is 11.4 Å². The Morgan fingerprint density at radius 3 is 2.32 bits per heavy atom. The molecule has 0 saturated carbocycles. The molecule has 114 valence electrons. The van der Waals surface area contributed by atoms with Gasteiger partial charge in [-0.2, -0.15) is 0 Å². The molecule has 0 heterocycles. The van der Waals surface area contributed by atoms with Gasteiger partial charge in [0.2, 0.25) is 5.91 Å². The van der Waals surface area contributed by atoms with E-state index in [1.807, 2.05) is 12.1 Å². The number of rotatable bonds is 4. The number of benzene rings is 2. The maximum atomic E-state index is 12.5. The SMILES string of the molecule is CC(C)(C(=O)Nc1cccc(C(=O)O)c1)c1ccc(N)cc1. The second-order valence-corrected chi connectivity index (χ2v) is 5.59. The summed E-state index contributed by atoms with van der Waals surface area (Å²) in [6.07, 6.45) is 0. The number of hydrogen-bond acceptors (Lipinski definition) is 3. The minimum atomic E-state index is -1.03. The van der Waals surface area contributed by atoms with E-state index in [0.717, 1.165) is 5.56 Å². The van der Waals surface area contributed by atoms with Crippen molar-refractivity contribution < 1.29 is 14.7 Å². The van der Waals surface area contributed by atoms with Crippen molar-refractivity contribution in [1.82, 2.24) is 0 Å². The second kappa shape index (κ2) is 5.89. The van der Waals surface area contributed by atoms with E-state index in [1.165, 1.54) is 12.1 Å². The first-order valence-corrected chi connectivity index (χ1v) is 6.81. The van der Waals surface area contributed by atoms with Crippen molar-refractivity contribution in [2.24, 2.45) is 0 Å². The summed E-state index contributed by atoms with van der Waals surface area (Å²) in [7, 11) is 0. The molecule has 2 aromatic carbocycles. The molecule has 0 atom stereocenters. The number of carboxylic acid groups (broad SMARTS) is 1. The van der Waals surface area contributed by atoms with Gasteiger partial charge in [0, 0.05) is 11.4 Å². The quantitative estimate of drug-likeness (QED) is 0.757. The lowest BCUT2D eigenvalue weighted by atomic mass is 9.83. The Balaban J connectivity index is 2.22. The molecule has 0 aliphatic rings. The van der Waals surface area contributed by atoms with Gasteiger partial charge in [-0.05, 0) is 49.7 Å². The van der Waals surface area contributed by atoms with Crippen LogP contribution in [0.15, 0.2) is 48.5 Å². The van der Waals surface area contributed by atoms with Gasteiger partial charge in [0.05, 0.1) is 11.0 Å². The zero-order chi connectivity index (χ0) is 16.3. The molecule has 0 spiro atoms. The summed E-state index contributed by atoms with van der Waals surface area (Å²) >= 11 is 0. The average Bonchev–Trinajstić information content (AvgIpc) is 2.48. The number of carbonyl (C=O) groups is 2. The topological polar surface area (TPSA) is 92.4 Å². The molecule has 0 aliphatic heterocycles. The van der Waals surface area contributed by atoms with Crippen molar-refractivity contribution in [1.29, 1.82) is 0 Å². The van der Waals surface area contributed by atoms with Crippen molar-refractivity contribution in [2.45, 2.75) is 19.3 Å². The summed E-state index contributed by atoms with van der Waals surface area (Å²) in [4.78, 5) is 23.5. The number of hydrogen-bond donors (Lipinski definition) is 3. The highest BCUT2D eigenvalue weighted by molar-refractivity contribution is 5.99. The maximum absolute atomic E-state index is 12.5. The van der Waals surface area contributed by atoms with Gasteiger partial charge in [0.15, 0.2) is 0 Å². The van der Waals surface area contributed by atoms with Crippen molar-refractivity contribution in [3.63, 3.8) is 0 Å². The lowest BCUT2D eigenvalue weighted by Crippen LogP contribution is -2.34. The molecule has 0 bridgehead atoms. The second-order valence-electron chi connectivity index (χ2n) is 5.59. The van der Waals surface area contributed by atoms with E-state index >= 15 is 0 Å². The van der Waals surface area contributed by atoms with E-state index in [4.69, 9.17) is 10.8 Å². The van der Waals surface area contributed by atoms with Crippen LogP contribution in [0.25, 0.3) is 0 Å². The smallest absolute Gasteiger partial charge is 0.335 e. The minimum absolute atomic E-state index is 0.128. The maximum Gasteiger partial charge on any atom is 0.335 e. The predicted molar refractivity (Wildman–Crippen MR) is 85.9 cm³/mol. The summed E-state index contributed by atoms with van der Waals surface area (Å²) in [6.45, 7) is 3.60. The number of nitrogens with two attached hydrogens (primary N) is 1. The first-order valence-electron chi connectivity index (χ1n) is 6.81. The van der Waals surface area contributed by atoms with E-state index in [1.54, 1.807) is 38.1 Å². The van der Waals surface area contributed by atoms with Crippen LogP contribution in [0.3, 0.4) is 0 Å². The number of amides is 1. The van der Waals surface area contributed by atoms with Gasteiger partial charge in [-0.3, -0.25) is 4.79 Å². The third-order valence-electron chi connectivity index (χ3n) is 3.57. The van der Waals surface area contributed by atoms with Crippen LogP contribution < -0.4 is 11.1 Å². The molecule has 0 fully saturated rings. The van der Waals surface area contributed by atoms with Crippen molar-refractivity contribution in [3.8, 4) is 0 Å². The summed E-state index contributed by atoms with van der Waals surface area (Å²) in [5, 5.41) is 11.7. The number of nitrogens with one attached hydrogen (secondary N) is 1. The summed E-state index contributed by atoms with van der Waals surface area (Å²) in [5.74, 6) is -1.26. The van der Waals surface area contributed by atoms with Crippen LogP contribution in [0.2, 0.25) is 0 Å². The minimum Gasteiger partial charge on any atom is -0.478 e. The van der Waals surface area contributed by atoms with Gasteiger partial charge in [-0.25, -0.2) is 4.79 Å². The molecule has 22 heavy (non-hydrogen) atoms. The van der Waals surface area contributed by atoms with Gasteiger partial charge >= 0.3 is 5.97 Å². The molecule has 1 amide bonds. The zero-order valence-electron chi connectivity index (χ0n) is 12.5. The number of aromatic carboxylic acids is 1. The van der Waals surface area contributed by atoms with Crippen molar-refractivity contribution in [3.05, 3.63) is 59.7 Å². The predicted octanol–water partition coefficient (Wildman–Crippen LogP) is 2.88. The molecule has 0 aliphatic carbocycles. The van der Waals surface area contributed by atoms with Crippen LogP contribution in [0, 0.1) is 0 Å². The van der Waals surface area contributed by atoms with Gasteiger partial charge < -0.3 is 16.2 Å². The number of carboxylic acids is 1. The molecule has 0 radical (unpaired) electrons. The summed E-state index contributed by atoms with van der Waals surface area (Å²) in [6, 6.07) is 13.3. The molecule has 5 heteroatoms. The normalized spacial score (nSPS) is 11.0. The fourth-order valence-electron chi connectivity index (χ4n) is 2.05. The molecule has 5 nitrogen and oxygen atoms in total. The van der Waals surface area contributed by atoms with Gasteiger partial charge in [-0.15, -0.1) is 0 Å². The van der Waals surface area contributed by atoms with Gasteiger partial charge in [0.1, 0.15) is 0 Å². The van der Waals surface area contributed by atoms with E-state index in [-0.39, 0.29) is 11.5 Å². The molecule has 2 rings (SSSR count). The van der Waals surface area contributed by atoms with Crippen LogP contribution in [0.4, 0.5) is 11.4 Å². The fourth-order valence-corrected chi connectivity index (χ4v) is 2.05. The first-order chi connectivity index (χ1) is 10.3. The van der Waals surface area contributed by atoms with Crippen LogP contribution >= 0.6 is 0 Å². The molecule has 0 unspecified atom stereocenters. The Morgan fingerprint density at radius 2 is 1.73 bits per heavy atom. The van der Waals surface area contributed by atoms with Crippen LogP contribution in [-0.2, 0) is 10.2 Å². The molecular formula is C17H18N2O3. The molecule has 0 saturated heterocycles. The third-order valence-corrected chi connectivity index (χ3v) is 3.57. The Hall–Kier alpha value is -2.82. The van der Waals surface area contributed by atoms with Gasteiger partial charge in [-0.1, -0.05) is 18.2 Å². The van der Waals surface area contributed by atoms with E-state index in [9.17, 15) is 9.59 Å². The highest BCUT2D eigenvalue weighted by atomic mass is 16.4. The van der Waals surface area contributed by atoms with Crippen LogP contribution in [0.5, 0.6) is 0 Å². The van der Waals surface area contributed by atoms with E-state index in [2.05, 4.69) is 5.32 Å². The van der Waals surface area contributed by atoms with Crippen molar-refractivity contribution in [2.75, 3.05) is 11.1 Å². The Kier molecular flexibility index (Phi) is 4.17. The monoisotopic (exact) mass is 298 g/mol. The molecule has 0 aromatic heterocycles. The molecular weight excluding hydrogens is 280 g/mol. The Morgan fingerprint density at radius 1 is 1.09 bits per heavy atom. The van der Waals surface area contributed by atoms with Crippen LogP contribution in [0.1, 0.15) is 29.8 Å². The van der Waals surface area contributed by atoms with E-state index in [0.29, 0.717) is 11.4 Å². The largest absolute Gasteiger partial charge is 0.478 e. The summed E-state index contributed by atoms with van der Waals surface area (Å²) < 4.78 is 0. The Bertz CT molecular complexity index is 706. The first kappa shape index (κ1) is 15.6. The highest BCUT2D eigenvalue weighted by Gasteiger charge is 2.29. The Labute approximate surface area is 128 Å². The highest BCUT2D eigenvalue weighted by Crippen LogP contribution is 2.26. The lowest BCUT2D eigenvalue weighted by Gasteiger charge is -2.24. The third kappa shape index (κ3) is 3.25. The summed E-state index contributed by atoms with van der Waals surface area (Å²) in [5.41, 5.74) is 6.93. The number of nitrogen functional groups attached to an aromatic ring is 1. The zero-order valence-corrected chi connectivity index (χ0v) is 12.5. The van der Waals surface area contributed by atoms with Crippen LogP contribution in [-0.4, -0.2) is 17.0 Å². The van der Waals surface area contributed by atoms with Gasteiger partial charge in [0.25, 0.3) is 0 Å². The standard InChI is InChI=1S/C17H18N2O3/c1-17(2,12-6-8-13(18)9-7-12)16(22)19-14-5-3-4-11(10-14)15(20)21/h3-10H,18H2,1-2H3,(H,19,22)(H,20,21). The molecule has 4 N–H and O–H groups in total. The number of anilines is 2. The number of carbonyl (C=O) groups excluding carboxylic acids is 1. The average molecular weight is 298 g/mol. The van der Waals surface area contributed by atoms with Crippen molar-refractivity contribution >= 4 is 23.3 Å². The molecule has 2 aromatic rings.